The van der Waals surface area contributed by atoms with Gasteiger partial charge < -0.3 is 20.5 Å². The van der Waals surface area contributed by atoms with Crippen molar-refractivity contribution in [3.05, 3.63) is 23.4 Å². The van der Waals surface area contributed by atoms with Gasteiger partial charge >= 0.3 is 0 Å². The number of hydrogen-bond donors (Lipinski definition) is 2. The van der Waals surface area contributed by atoms with E-state index in [1.165, 1.54) is 0 Å². The minimum absolute atomic E-state index is 0.0817. The van der Waals surface area contributed by atoms with Crippen LogP contribution in [0.2, 0.25) is 0 Å². The van der Waals surface area contributed by atoms with Crippen molar-refractivity contribution in [3.63, 3.8) is 0 Å². The maximum Gasteiger partial charge on any atom is 0.254 e. The average molecular weight is 279 g/mol. The number of morpholine rings is 1. The highest BCUT2D eigenvalue weighted by Crippen LogP contribution is 2.19. The summed E-state index contributed by atoms with van der Waals surface area (Å²) in [5.41, 5.74) is 6.15. The Morgan fingerprint density at radius 1 is 1.60 bits per heavy atom. The van der Waals surface area contributed by atoms with Gasteiger partial charge in [0, 0.05) is 18.8 Å². The van der Waals surface area contributed by atoms with Gasteiger partial charge in [0.15, 0.2) is 0 Å². The second-order valence-electron chi connectivity index (χ2n) is 5.61. The summed E-state index contributed by atoms with van der Waals surface area (Å²) in [6.45, 7) is 7.71. The molecule has 1 unspecified atom stereocenters. The molecule has 1 saturated heterocycles. The molecule has 0 saturated carbocycles. The van der Waals surface area contributed by atoms with Gasteiger partial charge in [-0.05, 0) is 32.9 Å². The van der Waals surface area contributed by atoms with E-state index < -0.39 is 5.91 Å². The topological polar surface area (TPSA) is 86.5 Å². The SMILES string of the molecule is Cc1ccc(C(N)=O)c(OCC2CNCC(C)(C)O2)n1. The van der Waals surface area contributed by atoms with Gasteiger partial charge in [-0.25, -0.2) is 4.98 Å². The molecular weight excluding hydrogens is 258 g/mol. The third-order valence-corrected chi connectivity index (χ3v) is 3.08. The number of carbonyl (C=O) groups excluding carboxylic acids is 1. The van der Waals surface area contributed by atoms with Crippen molar-refractivity contribution in [1.29, 1.82) is 0 Å². The number of ether oxygens (including phenoxy) is 2. The highest BCUT2D eigenvalue weighted by atomic mass is 16.6. The molecular formula is C14H21N3O3. The molecule has 6 nitrogen and oxygen atoms in total. The third-order valence-electron chi connectivity index (χ3n) is 3.08. The van der Waals surface area contributed by atoms with Crippen molar-refractivity contribution in [1.82, 2.24) is 10.3 Å². The van der Waals surface area contributed by atoms with Crippen LogP contribution in [0, 0.1) is 6.92 Å². The first kappa shape index (κ1) is 14.7. The van der Waals surface area contributed by atoms with Crippen LogP contribution in [-0.2, 0) is 4.74 Å². The number of nitrogens with two attached hydrogens (primary N) is 1. The van der Waals surface area contributed by atoms with Crippen molar-refractivity contribution >= 4 is 5.91 Å². The Labute approximate surface area is 118 Å². The van der Waals surface area contributed by atoms with E-state index in [-0.39, 0.29) is 17.6 Å². The molecule has 110 valence electrons. The number of aromatic nitrogens is 1. The molecule has 1 aliphatic heterocycles. The fraction of sp³-hybridized carbons (Fsp3) is 0.571. The van der Waals surface area contributed by atoms with Gasteiger partial charge in [-0.1, -0.05) is 0 Å². The molecule has 0 radical (unpaired) electrons. The van der Waals surface area contributed by atoms with Crippen molar-refractivity contribution in [3.8, 4) is 5.88 Å². The standard InChI is InChI=1S/C14H21N3O3/c1-9-4-5-11(12(15)18)13(17-9)19-7-10-6-16-8-14(2,3)20-10/h4-5,10,16H,6-8H2,1-3H3,(H2,15,18). The average Bonchev–Trinajstić information content (AvgIpc) is 2.35. The summed E-state index contributed by atoms with van der Waals surface area (Å²) in [4.78, 5) is 15.6. The fourth-order valence-corrected chi connectivity index (χ4v) is 2.16. The van der Waals surface area contributed by atoms with Crippen molar-refractivity contribution in [2.45, 2.75) is 32.5 Å². The number of carbonyl (C=O) groups is 1. The third kappa shape index (κ3) is 3.68. The molecule has 20 heavy (non-hydrogen) atoms. The smallest absolute Gasteiger partial charge is 0.254 e. The normalized spacial score (nSPS) is 21.4. The van der Waals surface area contributed by atoms with Crippen LogP contribution in [0.5, 0.6) is 5.88 Å². The fourth-order valence-electron chi connectivity index (χ4n) is 2.16. The summed E-state index contributed by atoms with van der Waals surface area (Å²) in [7, 11) is 0. The minimum Gasteiger partial charge on any atom is -0.474 e. The van der Waals surface area contributed by atoms with Gasteiger partial charge in [-0.2, -0.15) is 0 Å². The zero-order valence-corrected chi connectivity index (χ0v) is 12.1. The lowest BCUT2D eigenvalue weighted by Crippen LogP contribution is -2.52. The Bertz CT molecular complexity index is 502. The van der Waals surface area contributed by atoms with Gasteiger partial charge in [-0.3, -0.25) is 4.79 Å². The number of hydrogen-bond acceptors (Lipinski definition) is 5. The quantitative estimate of drug-likeness (QED) is 0.844. The van der Waals surface area contributed by atoms with Gasteiger partial charge in [0.2, 0.25) is 5.88 Å². The molecule has 1 atom stereocenters. The number of aryl methyl sites for hydroxylation is 1. The van der Waals surface area contributed by atoms with Crippen molar-refractivity contribution in [2.24, 2.45) is 5.73 Å². The molecule has 0 aromatic carbocycles. The number of pyridine rings is 1. The lowest BCUT2D eigenvalue weighted by atomic mass is 10.1. The molecule has 3 N–H and O–H groups in total. The summed E-state index contributed by atoms with van der Waals surface area (Å²) in [6, 6.07) is 3.36. The van der Waals surface area contributed by atoms with Crippen LogP contribution >= 0.6 is 0 Å². The number of amides is 1. The van der Waals surface area contributed by atoms with E-state index in [2.05, 4.69) is 10.3 Å². The maximum absolute atomic E-state index is 11.3. The lowest BCUT2D eigenvalue weighted by molar-refractivity contribution is -0.107. The molecule has 1 aliphatic rings. The molecule has 2 heterocycles. The van der Waals surface area contributed by atoms with Gasteiger partial charge in [0.25, 0.3) is 5.91 Å². The molecule has 1 aromatic rings. The predicted molar refractivity (Wildman–Crippen MR) is 74.8 cm³/mol. The van der Waals surface area contributed by atoms with E-state index in [4.69, 9.17) is 15.2 Å². The van der Waals surface area contributed by atoms with Gasteiger partial charge in [0.05, 0.1) is 5.60 Å². The predicted octanol–water partition coefficient (Wildman–Crippen LogP) is 0.635. The summed E-state index contributed by atoms with van der Waals surface area (Å²) in [5, 5.41) is 3.29. The van der Waals surface area contributed by atoms with Gasteiger partial charge in [-0.15, -0.1) is 0 Å². The van der Waals surface area contributed by atoms with E-state index in [0.29, 0.717) is 18.7 Å². The van der Waals surface area contributed by atoms with Crippen LogP contribution in [0.3, 0.4) is 0 Å². The second kappa shape index (κ2) is 5.76. The molecule has 2 rings (SSSR count). The Hall–Kier alpha value is -1.66. The summed E-state index contributed by atoms with van der Waals surface area (Å²) in [6.07, 6.45) is -0.0817. The molecule has 0 bridgehead atoms. The first-order valence-electron chi connectivity index (χ1n) is 6.66. The van der Waals surface area contributed by atoms with Gasteiger partial charge in [0.1, 0.15) is 18.3 Å². The minimum atomic E-state index is -0.546. The number of nitrogens with zero attached hydrogens (tertiary/aromatic N) is 1. The van der Waals surface area contributed by atoms with Crippen molar-refractivity contribution in [2.75, 3.05) is 19.7 Å². The van der Waals surface area contributed by atoms with Crippen LogP contribution in [0.25, 0.3) is 0 Å². The van der Waals surface area contributed by atoms with E-state index in [1.807, 2.05) is 20.8 Å². The summed E-state index contributed by atoms with van der Waals surface area (Å²) >= 11 is 0. The van der Waals surface area contributed by atoms with Crippen LogP contribution in [0.4, 0.5) is 0 Å². The molecule has 0 aliphatic carbocycles. The van der Waals surface area contributed by atoms with Crippen molar-refractivity contribution < 1.29 is 14.3 Å². The van der Waals surface area contributed by atoms with E-state index >= 15 is 0 Å². The number of nitrogens with one attached hydrogen (secondary N) is 1. The molecule has 6 heteroatoms. The zero-order chi connectivity index (χ0) is 14.8. The first-order valence-corrected chi connectivity index (χ1v) is 6.66. The molecule has 1 amide bonds. The zero-order valence-electron chi connectivity index (χ0n) is 12.1. The lowest BCUT2D eigenvalue weighted by Gasteiger charge is -2.36. The Morgan fingerprint density at radius 3 is 3.00 bits per heavy atom. The van der Waals surface area contributed by atoms with Crippen LogP contribution < -0.4 is 15.8 Å². The second-order valence-corrected chi connectivity index (χ2v) is 5.61. The number of rotatable bonds is 4. The Kier molecular flexibility index (Phi) is 4.25. The highest BCUT2D eigenvalue weighted by Gasteiger charge is 2.29. The van der Waals surface area contributed by atoms with E-state index in [9.17, 15) is 4.79 Å². The molecule has 1 fully saturated rings. The molecule has 0 spiro atoms. The number of primary amides is 1. The Morgan fingerprint density at radius 2 is 2.35 bits per heavy atom. The first-order chi connectivity index (χ1) is 9.37. The highest BCUT2D eigenvalue weighted by molar-refractivity contribution is 5.95. The monoisotopic (exact) mass is 279 g/mol. The van der Waals surface area contributed by atoms with E-state index in [1.54, 1.807) is 12.1 Å². The summed E-state index contributed by atoms with van der Waals surface area (Å²) < 4.78 is 11.5. The maximum atomic E-state index is 11.3. The largest absolute Gasteiger partial charge is 0.474 e. The van der Waals surface area contributed by atoms with Crippen LogP contribution in [0.1, 0.15) is 29.9 Å². The van der Waals surface area contributed by atoms with E-state index in [0.717, 1.165) is 12.2 Å². The molecule has 1 aromatic heterocycles. The van der Waals surface area contributed by atoms with Crippen LogP contribution in [-0.4, -0.2) is 42.3 Å². The van der Waals surface area contributed by atoms with Crippen LogP contribution in [0.15, 0.2) is 12.1 Å². The Balaban J connectivity index is 2.03. The summed E-state index contributed by atoms with van der Waals surface area (Å²) in [5.74, 6) is -0.278.